The van der Waals surface area contributed by atoms with Gasteiger partial charge >= 0.3 is 0 Å². The highest BCUT2D eigenvalue weighted by atomic mass is 16.5. The Morgan fingerprint density at radius 1 is 1.25 bits per heavy atom. The Kier molecular flexibility index (Phi) is 7.27. The second-order valence-electron chi connectivity index (χ2n) is 3.90. The molecule has 7 heteroatoms. The number of carbonyl (C=O) groups is 2. The van der Waals surface area contributed by atoms with E-state index in [2.05, 4.69) is 5.32 Å². The molecule has 0 aromatic heterocycles. The van der Waals surface area contributed by atoms with E-state index in [1.807, 2.05) is 0 Å². The average Bonchev–Trinajstić information content (AvgIpc) is 2.43. The molecule has 2 amide bonds. The number of hydrogen-bond acceptors (Lipinski definition) is 5. The van der Waals surface area contributed by atoms with Crippen molar-refractivity contribution in [3.05, 3.63) is 29.8 Å². The lowest BCUT2D eigenvalue weighted by Crippen LogP contribution is -2.51. The van der Waals surface area contributed by atoms with Crippen molar-refractivity contribution in [3.8, 4) is 5.75 Å². The van der Waals surface area contributed by atoms with Crippen LogP contribution in [0.3, 0.4) is 0 Å². The minimum Gasteiger partial charge on any atom is -0.497 e. The smallest absolute Gasteiger partial charge is 0.268 e. The molecule has 0 radical (unpaired) electrons. The third kappa shape index (κ3) is 4.52. The normalized spacial score (nSPS) is 12.6. The van der Waals surface area contributed by atoms with Crippen LogP contribution in [-0.4, -0.2) is 41.4 Å². The Bertz CT molecular complexity index is 445. The summed E-state index contributed by atoms with van der Waals surface area (Å²) in [6.07, 6.45) is -1.14. The molecular formula is C13H20N2O5. The molecule has 7 nitrogen and oxygen atoms in total. The first kappa shape index (κ1) is 17.9. The molecule has 0 saturated carbocycles. The quantitative estimate of drug-likeness (QED) is 0.460. The standard InChI is InChI=1S/C12H16N2O5.CH4/c1-7(15)10(12(17)14-18)13-11(16)8-3-5-9(19-2)6-4-8;/h3-7,10,15,18H,1-2H3,(H,13,16)(H,14,17);1H4/t7-,10+;/m1./s1. The van der Waals surface area contributed by atoms with Gasteiger partial charge in [0, 0.05) is 5.56 Å². The number of carbonyl (C=O) groups excluding carboxylic acids is 2. The van der Waals surface area contributed by atoms with Crippen molar-refractivity contribution in [1.29, 1.82) is 0 Å². The summed E-state index contributed by atoms with van der Waals surface area (Å²) in [5, 5.41) is 20.2. The van der Waals surface area contributed by atoms with Gasteiger partial charge in [-0.2, -0.15) is 0 Å². The maximum atomic E-state index is 11.9. The van der Waals surface area contributed by atoms with E-state index in [4.69, 9.17) is 9.94 Å². The molecule has 0 aliphatic rings. The zero-order chi connectivity index (χ0) is 14.4. The minimum atomic E-state index is -1.24. The van der Waals surface area contributed by atoms with Gasteiger partial charge in [0.25, 0.3) is 11.8 Å². The van der Waals surface area contributed by atoms with Crippen LogP contribution in [0.1, 0.15) is 24.7 Å². The Labute approximate surface area is 117 Å². The fourth-order valence-corrected chi connectivity index (χ4v) is 1.44. The number of ether oxygens (including phenoxy) is 1. The molecule has 0 spiro atoms. The summed E-state index contributed by atoms with van der Waals surface area (Å²) >= 11 is 0. The lowest BCUT2D eigenvalue weighted by atomic mass is 10.1. The summed E-state index contributed by atoms with van der Waals surface area (Å²) in [7, 11) is 1.50. The SMILES string of the molecule is C.COc1ccc(C(=O)N[C@H](C(=O)NO)[C@@H](C)O)cc1. The number of aliphatic hydroxyl groups is 1. The van der Waals surface area contributed by atoms with Crippen molar-refractivity contribution in [3.63, 3.8) is 0 Å². The van der Waals surface area contributed by atoms with Gasteiger partial charge in [0.2, 0.25) is 0 Å². The molecule has 112 valence electrons. The van der Waals surface area contributed by atoms with E-state index in [1.165, 1.54) is 31.6 Å². The first-order valence-corrected chi connectivity index (χ1v) is 5.56. The highest BCUT2D eigenvalue weighted by Crippen LogP contribution is 2.11. The van der Waals surface area contributed by atoms with E-state index in [-0.39, 0.29) is 7.43 Å². The maximum Gasteiger partial charge on any atom is 0.268 e. The molecular weight excluding hydrogens is 264 g/mol. The second kappa shape index (κ2) is 8.13. The summed E-state index contributed by atoms with van der Waals surface area (Å²) in [5.41, 5.74) is 1.69. The van der Waals surface area contributed by atoms with Crippen LogP contribution in [0.5, 0.6) is 5.75 Å². The number of hydroxylamine groups is 1. The first-order chi connectivity index (χ1) is 8.99. The number of aliphatic hydroxyl groups excluding tert-OH is 1. The molecule has 2 atom stereocenters. The van der Waals surface area contributed by atoms with Crippen molar-refractivity contribution in [2.45, 2.75) is 26.5 Å². The summed E-state index contributed by atoms with van der Waals surface area (Å²) in [4.78, 5) is 23.1. The summed E-state index contributed by atoms with van der Waals surface area (Å²) < 4.78 is 4.95. The summed E-state index contributed by atoms with van der Waals surface area (Å²) in [6.45, 7) is 1.33. The van der Waals surface area contributed by atoms with Crippen molar-refractivity contribution in [2.24, 2.45) is 0 Å². The molecule has 1 aromatic rings. The van der Waals surface area contributed by atoms with Gasteiger partial charge in [-0.15, -0.1) is 0 Å². The largest absolute Gasteiger partial charge is 0.497 e. The number of amides is 2. The molecule has 0 aliphatic carbocycles. The van der Waals surface area contributed by atoms with Crippen LogP contribution in [0, 0.1) is 0 Å². The van der Waals surface area contributed by atoms with Crippen molar-refractivity contribution >= 4 is 11.8 Å². The number of nitrogens with one attached hydrogen (secondary N) is 2. The molecule has 0 fully saturated rings. The molecule has 20 heavy (non-hydrogen) atoms. The van der Waals surface area contributed by atoms with E-state index < -0.39 is 24.0 Å². The number of methoxy groups -OCH3 is 1. The lowest BCUT2D eigenvalue weighted by Gasteiger charge is -2.19. The van der Waals surface area contributed by atoms with Gasteiger partial charge in [0.05, 0.1) is 13.2 Å². The number of hydrogen-bond donors (Lipinski definition) is 4. The summed E-state index contributed by atoms with van der Waals surface area (Å²) in [6, 6.07) is 4.99. The maximum absolute atomic E-state index is 11.9. The zero-order valence-electron chi connectivity index (χ0n) is 10.6. The van der Waals surface area contributed by atoms with Gasteiger partial charge in [-0.05, 0) is 31.2 Å². The van der Waals surface area contributed by atoms with Crippen LogP contribution >= 0.6 is 0 Å². The van der Waals surface area contributed by atoms with Gasteiger partial charge < -0.3 is 15.2 Å². The Morgan fingerprint density at radius 3 is 2.20 bits per heavy atom. The van der Waals surface area contributed by atoms with Crippen LogP contribution in [0.2, 0.25) is 0 Å². The van der Waals surface area contributed by atoms with E-state index in [0.717, 1.165) is 0 Å². The Balaban J connectivity index is 0.00000361. The van der Waals surface area contributed by atoms with E-state index >= 15 is 0 Å². The van der Waals surface area contributed by atoms with Gasteiger partial charge in [-0.25, -0.2) is 5.48 Å². The highest BCUT2D eigenvalue weighted by molar-refractivity contribution is 5.97. The molecule has 0 heterocycles. The molecule has 1 rings (SSSR count). The molecule has 0 unspecified atom stereocenters. The molecule has 0 bridgehead atoms. The molecule has 1 aromatic carbocycles. The fourth-order valence-electron chi connectivity index (χ4n) is 1.44. The fraction of sp³-hybridized carbons (Fsp3) is 0.385. The molecule has 0 saturated heterocycles. The van der Waals surface area contributed by atoms with Crippen LogP contribution < -0.4 is 15.5 Å². The van der Waals surface area contributed by atoms with Crippen molar-refractivity contribution in [1.82, 2.24) is 10.8 Å². The number of benzene rings is 1. The molecule has 0 aliphatic heterocycles. The minimum absolute atomic E-state index is 0. The van der Waals surface area contributed by atoms with Crippen LogP contribution in [0.25, 0.3) is 0 Å². The monoisotopic (exact) mass is 284 g/mol. The number of rotatable bonds is 5. The topological polar surface area (TPSA) is 108 Å². The van der Waals surface area contributed by atoms with E-state index in [9.17, 15) is 14.7 Å². The van der Waals surface area contributed by atoms with Gasteiger partial charge in [0.1, 0.15) is 11.8 Å². The summed E-state index contributed by atoms with van der Waals surface area (Å²) in [5.74, 6) is -0.842. The second-order valence-corrected chi connectivity index (χ2v) is 3.90. The van der Waals surface area contributed by atoms with Gasteiger partial charge in [-0.3, -0.25) is 14.8 Å². The van der Waals surface area contributed by atoms with E-state index in [1.54, 1.807) is 12.1 Å². The van der Waals surface area contributed by atoms with E-state index in [0.29, 0.717) is 11.3 Å². The third-order valence-electron chi connectivity index (χ3n) is 2.51. The Morgan fingerprint density at radius 2 is 1.80 bits per heavy atom. The van der Waals surface area contributed by atoms with Gasteiger partial charge in [0.15, 0.2) is 0 Å². The van der Waals surface area contributed by atoms with Crippen LogP contribution in [0.15, 0.2) is 24.3 Å². The van der Waals surface area contributed by atoms with Crippen molar-refractivity contribution < 1.29 is 24.6 Å². The van der Waals surface area contributed by atoms with Crippen LogP contribution in [0.4, 0.5) is 0 Å². The first-order valence-electron chi connectivity index (χ1n) is 5.56. The lowest BCUT2D eigenvalue weighted by molar-refractivity contribution is -0.133. The highest BCUT2D eigenvalue weighted by Gasteiger charge is 2.25. The van der Waals surface area contributed by atoms with Crippen molar-refractivity contribution in [2.75, 3.05) is 7.11 Å². The average molecular weight is 284 g/mol. The van der Waals surface area contributed by atoms with Crippen LogP contribution in [-0.2, 0) is 4.79 Å². The third-order valence-corrected chi connectivity index (χ3v) is 2.51. The predicted molar refractivity (Wildman–Crippen MR) is 72.6 cm³/mol. The zero-order valence-corrected chi connectivity index (χ0v) is 10.6. The Hall–Kier alpha value is -2.12. The molecule has 4 N–H and O–H groups in total. The predicted octanol–water partition coefficient (Wildman–Crippen LogP) is 0.316. The van der Waals surface area contributed by atoms with Gasteiger partial charge in [-0.1, -0.05) is 7.43 Å².